The van der Waals surface area contributed by atoms with Crippen LogP contribution in [0.4, 0.5) is 5.82 Å². The number of hydrogen-bond donors (Lipinski definition) is 2. The maximum atomic E-state index is 4.54. The molecule has 0 spiro atoms. The lowest BCUT2D eigenvalue weighted by molar-refractivity contribution is 0.573. The van der Waals surface area contributed by atoms with E-state index in [1.165, 1.54) is 34.6 Å². The van der Waals surface area contributed by atoms with E-state index in [0.717, 1.165) is 38.0 Å². The Labute approximate surface area is 177 Å². The molecular weight excluding hydrogens is 457 g/mol. The van der Waals surface area contributed by atoms with Crippen molar-refractivity contribution in [3.63, 3.8) is 0 Å². The summed E-state index contributed by atoms with van der Waals surface area (Å²) in [5, 5.41) is 6.76. The van der Waals surface area contributed by atoms with Crippen LogP contribution in [0.2, 0.25) is 0 Å². The highest BCUT2D eigenvalue weighted by molar-refractivity contribution is 14.0. The fraction of sp³-hybridized carbons (Fsp3) is 0.474. The Morgan fingerprint density at radius 3 is 2.62 bits per heavy atom. The molecule has 1 aliphatic rings. The number of nitrogens with one attached hydrogen (secondary N) is 2. The van der Waals surface area contributed by atoms with Gasteiger partial charge in [0.1, 0.15) is 5.82 Å². The molecule has 3 rings (SSSR count). The monoisotopic (exact) mass is 485 g/mol. The van der Waals surface area contributed by atoms with Crippen LogP contribution >= 0.6 is 35.3 Å². The van der Waals surface area contributed by atoms with E-state index >= 15 is 0 Å². The van der Waals surface area contributed by atoms with Gasteiger partial charge in [-0.05, 0) is 56.0 Å². The van der Waals surface area contributed by atoms with Gasteiger partial charge in [0.15, 0.2) is 5.96 Å². The van der Waals surface area contributed by atoms with Gasteiger partial charge in [0, 0.05) is 42.6 Å². The molecule has 1 aliphatic heterocycles. The zero-order valence-electron chi connectivity index (χ0n) is 15.5. The molecule has 0 unspecified atom stereocenters. The highest BCUT2D eigenvalue weighted by atomic mass is 127. The minimum atomic E-state index is 0. The number of anilines is 1. The van der Waals surface area contributed by atoms with Gasteiger partial charge in [-0.3, -0.25) is 4.99 Å². The second kappa shape index (κ2) is 10.7. The first kappa shape index (κ1) is 21.0. The summed E-state index contributed by atoms with van der Waals surface area (Å²) in [6, 6.07) is 8.57. The van der Waals surface area contributed by atoms with Crippen molar-refractivity contribution < 1.29 is 0 Å². The van der Waals surface area contributed by atoms with E-state index in [-0.39, 0.29) is 24.0 Å². The van der Waals surface area contributed by atoms with E-state index in [1.54, 1.807) is 7.05 Å². The smallest absolute Gasteiger partial charge is 0.191 e. The van der Waals surface area contributed by atoms with Crippen LogP contribution in [0.25, 0.3) is 0 Å². The van der Waals surface area contributed by atoms with Crippen molar-refractivity contribution in [2.45, 2.75) is 39.3 Å². The molecule has 5 nitrogen and oxygen atoms in total. The quantitative estimate of drug-likeness (QED) is 0.383. The summed E-state index contributed by atoms with van der Waals surface area (Å²) in [6.45, 7) is 5.91. The summed E-state index contributed by atoms with van der Waals surface area (Å²) in [5.41, 5.74) is 1.23. The van der Waals surface area contributed by atoms with Gasteiger partial charge < -0.3 is 15.5 Å². The largest absolute Gasteiger partial charge is 0.357 e. The van der Waals surface area contributed by atoms with Crippen molar-refractivity contribution in [3.05, 3.63) is 45.8 Å². The van der Waals surface area contributed by atoms with Gasteiger partial charge in [-0.1, -0.05) is 0 Å². The summed E-state index contributed by atoms with van der Waals surface area (Å²) < 4.78 is 0. The summed E-state index contributed by atoms with van der Waals surface area (Å²) in [4.78, 5) is 13.9. The van der Waals surface area contributed by atoms with Crippen molar-refractivity contribution in [2.24, 2.45) is 4.99 Å². The predicted octanol–water partition coefficient (Wildman–Crippen LogP) is 3.93. The molecule has 7 heteroatoms. The lowest BCUT2D eigenvalue weighted by atomic mass is 10.1. The van der Waals surface area contributed by atoms with Crippen LogP contribution in [0, 0.1) is 6.92 Å². The molecule has 142 valence electrons. The van der Waals surface area contributed by atoms with Crippen molar-refractivity contribution in [2.75, 3.05) is 25.0 Å². The first-order valence-corrected chi connectivity index (χ1v) is 9.76. The van der Waals surface area contributed by atoms with E-state index in [4.69, 9.17) is 0 Å². The Bertz CT molecular complexity index is 709. The normalized spacial score (nSPS) is 14.7. The zero-order chi connectivity index (χ0) is 17.5. The number of rotatable bonds is 5. The third kappa shape index (κ3) is 6.12. The van der Waals surface area contributed by atoms with Gasteiger partial charge in [-0.2, -0.15) is 0 Å². The van der Waals surface area contributed by atoms with Gasteiger partial charge in [-0.25, -0.2) is 4.98 Å². The lowest BCUT2D eigenvalue weighted by Crippen LogP contribution is -2.36. The summed E-state index contributed by atoms with van der Waals surface area (Å²) >= 11 is 1.81. The molecule has 0 aliphatic carbocycles. The summed E-state index contributed by atoms with van der Waals surface area (Å²) in [5.74, 6) is 1.92. The molecule has 3 heterocycles. The molecule has 0 radical (unpaired) electrons. The standard InChI is InChI=1S/C19H27N5S.HI/c1-15-6-7-17(25-15)14-23-19(20-2)22-13-16-8-9-21-18(12-16)24-10-4-3-5-11-24;/h6-9,12H,3-5,10-11,13-14H2,1-2H3,(H2,20,22,23);1H. The number of aryl methyl sites for hydroxylation is 1. The molecule has 2 N–H and O–H groups in total. The van der Waals surface area contributed by atoms with Crippen LogP contribution in [0.15, 0.2) is 35.5 Å². The Hall–Kier alpha value is -1.35. The molecule has 2 aromatic rings. The minimum Gasteiger partial charge on any atom is -0.357 e. The maximum Gasteiger partial charge on any atom is 0.191 e. The topological polar surface area (TPSA) is 52.6 Å². The highest BCUT2D eigenvalue weighted by Gasteiger charge is 2.12. The molecule has 1 fully saturated rings. The molecule has 0 amide bonds. The van der Waals surface area contributed by atoms with Crippen molar-refractivity contribution in [3.8, 4) is 0 Å². The molecule has 26 heavy (non-hydrogen) atoms. The number of guanidine groups is 1. The number of hydrogen-bond acceptors (Lipinski definition) is 4. The first-order chi connectivity index (χ1) is 12.2. The molecule has 0 bridgehead atoms. The van der Waals surface area contributed by atoms with Crippen LogP contribution in [0.3, 0.4) is 0 Å². The van der Waals surface area contributed by atoms with Crippen molar-refractivity contribution in [1.29, 1.82) is 0 Å². The SMILES string of the molecule is CN=C(NCc1ccnc(N2CCCCC2)c1)NCc1ccc(C)s1.I. The van der Waals surface area contributed by atoms with Crippen molar-refractivity contribution in [1.82, 2.24) is 15.6 Å². The van der Waals surface area contributed by atoms with E-state index in [9.17, 15) is 0 Å². The van der Waals surface area contributed by atoms with Crippen LogP contribution in [-0.2, 0) is 13.1 Å². The Kier molecular flexibility index (Phi) is 8.64. The van der Waals surface area contributed by atoms with Crippen LogP contribution in [0.1, 0.15) is 34.6 Å². The van der Waals surface area contributed by atoms with E-state index in [0.29, 0.717) is 0 Å². The Morgan fingerprint density at radius 1 is 1.15 bits per heavy atom. The third-order valence-electron chi connectivity index (χ3n) is 4.40. The number of aliphatic imine (C=N–C) groups is 1. The van der Waals surface area contributed by atoms with Crippen LogP contribution in [-0.4, -0.2) is 31.1 Å². The first-order valence-electron chi connectivity index (χ1n) is 8.94. The van der Waals surface area contributed by atoms with Crippen LogP contribution < -0.4 is 15.5 Å². The van der Waals surface area contributed by atoms with Gasteiger partial charge >= 0.3 is 0 Å². The average Bonchev–Trinajstić information content (AvgIpc) is 3.08. The number of halogens is 1. The van der Waals surface area contributed by atoms with Gasteiger partial charge in [0.2, 0.25) is 0 Å². The molecule has 0 aromatic carbocycles. The number of thiophene rings is 1. The number of aromatic nitrogens is 1. The molecular formula is C19H28IN5S. The minimum absolute atomic E-state index is 0. The van der Waals surface area contributed by atoms with Crippen molar-refractivity contribution >= 4 is 47.1 Å². The van der Waals surface area contributed by atoms with Gasteiger partial charge in [0.05, 0.1) is 6.54 Å². The average molecular weight is 485 g/mol. The Morgan fingerprint density at radius 2 is 1.92 bits per heavy atom. The third-order valence-corrected chi connectivity index (χ3v) is 5.40. The second-order valence-electron chi connectivity index (χ2n) is 6.36. The van der Waals surface area contributed by atoms with Gasteiger partial charge in [0.25, 0.3) is 0 Å². The number of pyridine rings is 1. The number of piperidine rings is 1. The van der Waals surface area contributed by atoms with Gasteiger partial charge in [-0.15, -0.1) is 35.3 Å². The highest BCUT2D eigenvalue weighted by Crippen LogP contribution is 2.18. The van der Waals surface area contributed by atoms with E-state index in [1.807, 2.05) is 17.5 Å². The summed E-state index contributed by atoms with van der Waals surface area (Å²) in [7, 11) is 1.81. The fourth-order valence-electron chi connectivity index (χ4n) is 3.02. The second-order valence-corrected chi connectivity index (χ2v) is 7.73. The molecule has 0 saturated carbocycles. The molecule has 2 aromatic heterocycles. The summed E-state index contributed by atoms with van der Waals surface area (Å²) in [6.07, 6.45) is 5.78. The zero-order valence-corrected chi connectivity index (χ0v) is 18.6. The van der Waals surface area contributed by atoms with E-state index < -0.39 is 0 Å². The van der Waals surface area contributed by atoms with Crippen LogP contribution in [0.5, 0.6) is 0 Å². The number of nitrogens with zero attached hydrogens (tertiary/aromatic N) is 3. The molecule has 1 saturated heterocycles. The van der Waals surface area contributed by atoms with E-state index in [2.05, 4.69) is 56.7 Å². The predicted molar refractivity (Wildman–Crippen MR) is 122 cm³/mol. The Balaban J connectivity index is 0.00000243. The maximum absolute atomic E-state index is 4.54. The lowest BCUT2D eigenvalue weighted by Gasteiger charge is -2.28. The molecule has 0 atom stereocenters. The fourth-order valence-corrected chi connectivity index (χ4v) is 3.85.